The van der Waals surface area contributed by atoms with Gasteiger partial charge in [0.1, 0.15) is 6.73 Å². The summed E-state index contributed by atoms with van der Waals surface area (Å²) in [6.45, 7) is 6.77. The molecule has 0 aliphatic heterocycles. The van der Waals surface area contributed by atoms with Crippen LogP contribution < -0.4 is 0 Å². The maximum atomic E-state index is 8.52. The minimum atomic E-state index is -0.294. The third-order valence-corrected chi connectivity index (χ3v) is 3.08. The molecule has 0 unspecified atom stereocenters. The number of hydroxylamine groups is 2. The van der Waals surface area contributed by atoms with Crippen LogP contribution in [0.4, 0.5) is 0 Å². The molecular weight excluding hydrogens is 278 g/mol. The summed E-state index contributed by atoms with van der Waals surface area (Å²) in [6.07, 6.45) is 0. The molecule has 0 fully saturated rings. The third-order valence-electron chi connectivity index (χ3n) is 3.08. The summed E-state index contributed by atoms with van der Waals surface area (Å²) in [7, 11) is 0. The quantitative estimate of drug-likeness (QED) is 0.646. The van der Waals surface area contributed by atoms with Crippen molar-refractivity contribution >= 4 is 10.8 Å². The molecule has 0 atom stereocenters. The highest BCUT2D eigenvalue weighted by Gasteiger charge is 2.00. The Labute approximate surface area is 133 Å². The van der Waals surface area contributed by atoms with Gasteiger partial charge in [0.2, 0.25) is 0 Å². The van der Waals surface area contributed by atoms with Gasteiger partial charge in [-0.05, 0) is 37.1 Å². The standard InChI is InChI=1S/C13H14O.C4H11NO2.CH4/c1-2-14-10-12-8-5-7-11-6-3-4-9-13(11)12;1-4(2)5(7)3-6;/h3-9H,2,10H2,1H3;4,6-7H,3H2,1-2H3;1H4. The van der Waals surface area contributed by atoms with Crippen molar-refractivity contribution in [3.05, 3.63) is 48.0 Å². The fourth-order valence-corrected chi connectivity index (χ4v) is 1.79. The van der Waals surface area contributed by atoms with Gasteiger partial charge in [0, 0.05) is 12.6 Å². The number of hydrogen-bond acceptors (Lipinski definition) is 4. The van der Waals surface area contributed by atoms with E-state index in [4.69, 9.17) is 15.1 Å². The van der Waals surface area contributed by atoms with Gasteiger partial charge in [-0.2, -0.15) is 5.06 Å². The minimum Gasteiger partial charge on any atom is -0.379 e. The van der Waals surface area contributed by atoms with Gasteiger partial charge >= 0.3 is 0 Å². The lowest BCUT2D eigenvalue weighted by atomic mass is 10.1. The highest BCUT2D eigenvalue weighted by molar-refractivity contribution is 5.85. The zero-order chi connectivity index (χ0) is 15.7. The number of aliphatic hydroxyl groups is 1. The molecule has 22 heavy (non-hydrogen) atoms. The van der Waals surface area contributed by atoms with E-state index < -0.39 is 0 Å². The number of fused-ring (bicyclic) bond motifs is 1. The summed E-state index contributed by atoms with van der Waals surface area (Å²) in [6, 6.07) is 14.7. The number of nitrogens with zero attached hydrogens (tertiary/aromatic N) is 1. The molecule has 4 heteroatoms. The SMILES string of the molecule is C.CC(C)N(O)CO.CCOCc1cccc2ccccc12. The number of aliphatic hydroxyl groups excluding tert-OH is 1. The van der Waals surface area contributed by atoms with Crippen molar-refractivity contribution in [1.29, 1.82) is 0 Å². The Bertz CT molecular complexity index is 523. The van der Waals surface area contributed by atoms with E-state index in [9.17, 15) is 0 Å². The van der Waals surface area contributed by atoms with E-state index in [1.807, 2.05) is 6.92 Å². The predicted molar refractivity (Wildman–Crippen MR) is 91.9 cm³/mol. The van der Waals surface area contributed by atoms with E-state index in [2.05, 4.69) is 42.5 Å². The van der Waals surface area contributed by atoms with Crippen LogP contribution in [0, 0.1) is 0 Å². The Kier molecular flexibility index (Phi) is 10.4. The molecule has 2 rings (SSSR count). The number of benzene rings is 2. The second-order valence-corrected chi connectivity index (χ2v) is 4.95. The average molecular weight is 307 g/mol. The van der Waals surface area contributed by atoms with Crippen LogP contribution in [0.5, 0.6) is 0 Å². The Morgan fingerprint density at radius 3 is 2.27 bits per heavy atom. The van der Waals surface area contributed by atoms with Crippen LogP contribution in [0.3, 0.4) is 0 Å². The lowest BCUT2D eigenvalue weighted by Crippen LogP contribution is -2.27. The molecule has 0 spiro atoms. The van der Waals surface area contributed by atoms with Crippen molar-refractivity contribution in [2.75, 3.05) is 13.3 Å². The Hall–Kier alpha value is -1.46. The highest BCUT2D eigenvalue weighted by atomic mass is 16.5. The van der Waals surface area contributed by atoms with Gasteiger partial charge in [-0.15, -0.1) is 0 Å². The molecule has 0 amide bonds. The summed E-state index contributed by atoms with van der Waals surface area (Å²) < 4.78 is 5.43. The fraction of sp³-hybridized carbons (Fsp3) is 0.444. The van der Waals surface area contributed by atoms with Gasteiger partial charge < -0.3 is 15.1 Å². The van der Waals surface area contributed by atoms with Crippen LogP contribution in [0.25, 0.3) is 10.8 Å². The van der Waals surface area contributed by atoms with Crippen molar-refractivity contribution in [3.63, 3.8) is 0 Å². The van der Waals surface area contributed by atoms with Crippen molar-refractivity contribution in [2.24, 2.45) is 0 Å². The largest absolute Gasteiger partial charge is 0.379 e. The van der Waals surface area contributed by atoms with E-state index in [0.717, 1.165) is 11.7 Å². The van der Waals surface area contributed by atoms with Gasteiger partial charge in [-0.3, -0.25) is 0 Å². The fourth-order valence-electron chi connectivity index (χ4n) is 1.79. The van der Waals surface area contributed by atoms with E-state index in [1.165, 1.54) is 16.3 Å². The smallest absolute Gasteiger partial charge is 0.119 e. The lowest BCUT2D eigenvalue weighted by molar-refractivity contribution is -0.163. The monoisotopic (exact) mass is 307 g/mol. The molecule has 0 saturated heterocycles. The molecular formula is C18H29NO3. The molecule has 0 aliphatic rings. The summed E-state index contributed by atoms with van der Waals surface area (Å²) in [5.41, 5.74) is 1.27. The van der Waals surface area contributed by atoms with E-state index in [0.29, 0.717) is 6.61 Å². The molecule has 0 bridgehead atoms. The number of rotatable bonds is 5. The maximum absolute atomic E-state index is 8.52. The zero-order valence-electron chi connectivity index (χ0n) is 13.0. The first-order valence-corrected chi connectivity index (χ1v) is 7.20. The Balaban J connectivity index is 0.000000478. The molecule has 124 valence electrons. The second kappa shape index (κ2) is 11.2. The van der Waals surface area contributed by atoms with Gasteiger partial charge in [-0.1, -0.05) is 49.9 Å². The summed E-state index contributed by atoms with van der Waals surface area (Å²) in [5, 5.41) is 20.1. The minimum absolute atomic E-state index is 0. The highest BCUT2D eigenvalue weighted by Crippen LogP contribution is 2.18. The van der Waals surface area contributed by atoms with Crippen molar-refractivity contribution in [2.45, 2.75) is 40.8 Å². The topological polar surface area (TPSA) is 52.9 Å². The van der Waals surface area contributed by atoms with Crippen LogP contribution in [0.1, 0.15) is 33.8 Å². The van der Waals surface area contributed by atoms with Crippen LogP contribution in [0.2, 0.25) is 0 Å². The molecule has 0 radical (unpaired) electrons. The molecule has 0 heterocycles. The molecule has 0 aromatic heterocycles. The Morgan fingerprint density at radius 2 is 1.73 bits per heavy atom. The summed E-state index contributed by atoms with van der Waals surface area (Å²) in [5.74, 6) is 0. The first kappa shape index (κ1) is 20.5. The molecule has 2 N–H and O–H groups in total. The van der Waals surface area contributed by atoms with Crippen molar-refractivity contribution in [3.8, 4) is 0 Å². The first-order chi connectivity index (χ1) is 10.1. The third kappa shape index (κ3) is 6.54. The van der Waals surface area contributed by atoms with Crippen LogP contribution in [0.15, 0.2) is 42.5 Å². The normalized spacial score (nSPS) is 10.3. The number of ether oxygens (including phenoxy) is 1. The summed E-state index contributed by atoms with van der Waals surface area (Å²) >= 11 is 0. The number of hydrogen-bond donors (Lipinski definition) is 2. The maximum Gasteiger partial charge on any atom is 0.119 e. The summed E-state index contributed by atoms with van der Waals surface area (Å²) in [4.78, 5) is 0. The molecule has 2 aromatic carbocycles. The van der Waals surface area contributed by atoms with Gasteiger partial charge in [-0.25, -0.2) is 0 Å². The molecule has 4 nitrogen and oxygen atoms in total. The van der Waals surface area contributed by atoms with Gasteiger partial charge in [0.05, 0.1) is 6.61 Å². The Morgan fingerprint density at radius 1 is 1.09 bits per heavy atom. The molecule has 0 saturated carbocycles. The van der Waals surface area contributed by atoms with E-state index in [-0.39, 0.29) is 20.2 Å². The first-order valence-electron chi connectivity index (χ1n) is 7.20. The van der Waals surface area contributed by atoms with Crippen LogP contribution in [-0.2, 0) is 11.3 Å². The molecule has 0 aliphatic carbocycles. The van der Waals surface area contributed by atoms with E-state index >= 15 is 0 Å². The van der Waals surface area contributed by atoms with Gasteiger partial charge in [0.15, 0.2) is 0 Å². The van der Waals surface area contributed by atoms with Gasteiger partial charge in [0.25, 0.3) is 0 Å². The second-order valence-electron chi connectivity index (χ2n) is 4.95. The van der Waals surface area contributed by atoms with Crippen molar-refractivity contribution < 1.29 is 15.1 Å². The zero-order valence-corrected chi connectivity index (χ0v) is 13.0. The van der Waals surface area contributed by atoms with Crippen LogP contribution >= 0.6 is 0 Å². The average Bonchev–Trinajstić information content (AvgIpc) is 2.52. The van der Waals surface area contributed by atoms with Crippen molar-refractivity contribution in [1.82, 2.24) is 5.06 Å². The lowest BCUT2D eigenvalue weighted by Gasteiger charge is -2.13. The molecule has 2 aromatic rings. The van der Waals surface area contributed by atoms with E-state index in [1.54, 1.807) is 13.8 Å². The van der Waals surface area contributed by atoms with Crippen LogP contribution in [-0.4, -0.2) is 34.8 Å². The predicted octanol–water partition coefficient (Wildman–Crippen LogP) is 4.05.